The second-order valence-electron chi connectivity index (χ2n) is 5.04. The Morgan fingerprint density at radius 1 is 1.37 bits per heavy atom. The number of carbonyl (C=O) groups is 1. The Morgan fingerprint density at radius 2 is 2.05 bits per heavy atom. The minimum Gasteiger partial charge on any atom is -0.398 e. The molecule has 0 atom stereocenters. The van der Waals surface area contributed by atoms with Gasteiger partial charge in [-0.05, 0) is 32.4 Å². The number of anilines is 1. The summed E-state index contributed by atoms with van der Waals surface area (Å²) in [5.41, 5.74) is 12.6. The standard InChI is InChI=1S/C14H22N2O3/c1-14(2,18-3)6-7-19-9-11-5-4-10(13(16)17)8-12(11)15/h4-5,8H,6-7,9,15H2,1-3H3,(H2,16,17). The zero-order valence-corrected chi connectivity index (χ0v) is 11.7. The number of rotatable bonds is 7. The third-order valence-corrected chi connectivity index (χ3v) is 3.09. The third-order valence-electron chi connectivity index (χ3n) is 3.09. The summed E-state index contributed by atoms with van der Waals surface area (Å²) in [6.45, 7) is 5.00. The summed E-state index contributed by atoms with van der Waals surface area (Å²) in [5, 5.41) is 0. The molecular formula is C14H22N2O3. The van der Waals surface area contributed by atoms with Gasteiger partial charge in [-0.25, -0.2) is 0 Å². The molecule has 0 aliphatic carbocycles. The molecule has 1 aromatic carbocycles. The molecule has 0 spiro atoms. The van der Waals surface area contributed by atoms with E-state index in [9.17, 15) is 4.79 Å². The van der Waals surface area contributed by atoms with Crippen LogP contribution < -0.4 is 11.5 Å². The average molecular weight is 266 g/mol. The summed E-state index contributed by atoms with van der Waals surface area (Å²) < 4.78 is 10.9. The molecule has 0 radical (unpaired) electrons. The van der Waals surface area contributed by atoms with Gasteiger partial charge in [0, 0.05) is 30.5 Å². The van der Waals surface area contributed by atoms with Crippen LogP contribution >= 0.6 is 0 Å². The molecule has 106 valence electrons. The minimum absolute atomic E-state index is 0.193. The first kappa shape index (κ1) is 15.5. The second kappa shape index (κ2) is 6.54. The molecule has 1 rings (SSSR count). The minimum atomic E-state index is -0.485. The number of primary amides is 1. The van der Waals surface area contributed by atoms with Crippen molar-refractivity contribution in [3.8, 4) is 0 Å². The molecule has 0 aromatic heterocycles. The molecule has 0 saturated carbocycles. The van der Waals surface area contributed by atoms with Crippen molar-refractivity contribution in [2.24, 2.45) is 5.73 Å². The quantitative estimate of drug-likeness (QED) is 0.581. The van der Waals surface area contributed by atoms with Gasteiger partial charge in [0.25, 0.3) is 0 Å². The lowest BCUT2D eigenvalue weighted by Crippen LogP contribution is -2.24. The Balaban J connectivity index is 2.48. The van der Waals surface area contributed by atoms with E-state index in [2.05, 4.69) is 0 Å². The van der Waals surface area contributed by atoms with E-state index in [0.717, 1.165) is 12.0 Å². The zero-order chi connectivity index (χ0) is 14.5. The van der Waals surface area contributed by atoms with Crippen molar-refractivity contribution >= 4 is 11.6 Å². The van der Waals surface area contributed by atoms with Crippen LogP contribution in [0.4, 0.5) is 5.69 Å². The topological polar surface area (TPSA) is 87.6 Å². The summed E-state index contributed by atoms with van der Waals surface area (Å²) in [7, 11) is 1.68. The van der Waals surface area contributed by atoms with Crippen LogP contribution in [0.25, 0.3) is 0 Å². The maximum atomic E-state index is 11.0. The van der Waals surface area contributed by atoms with E-state index in [4.69, 9.17) is 20.9 Å². The summed E-state index contributed by atoms with van der Waals surface area (Å²) >= 11 is 0. The normalized spacial score (nSPS) is 11.5. The number of nitrogens with two attached hydrogens (primary N) is 2. The smallest absolute Gasteiger partial charge is 0.248 e. The maximum absolute atomic E-state index is 11.0. The Hall–Kier alpha value is -1.59. The Morgan fingerprint density at radius 3 is 2.58 bits per heavy atom. The number of methoxy groups -OCH3 is 1. The average Bonchev–Trinajstić information content (AvgIpc) is 2.36. The fraction of sp³-hybridized carbons (Fsp3) is 0.500. The zero-order valence-electron chi connectivity index (χ0n) is 11.7. The van der Waals surface area contributed by atoms with Crippen LogP contribution in [0.15, 0.2) is 18.2 Å². The first-order valence-corrected chi connectivity index (χ1v) is 6.17. The molecule has 0 heterocycles. The Labute approximate surface area is 113 Å². The number of carbonyl (C=O) groups excluding carboxylic acids is 1. The molecule has 5 heteroatoms. The van der Waals surface area contributed by atoms with Crippen molar-refractivity contribution in [1.82, 2.24) is 0 Å². The van der Waals surface area contributed by atoms with Crippen molar-refractivity contribution in [1.29, 1.82) is 0 Å². The molecular weight excluding hydrogens is 244 g/mol. The van der Waals surface area contributed by atoms with Gasteiger partial charge in [-0.1, -0.05) is 6.07 Å². The highest BCUT2D eigenvalue weighted by molar-refractivity contribution is 5.93. The Kier molecular flexibility index (Phi) is 5.32. The van der Waals surface area contributed by atoms with E-state index in [0.29, 0.717) is 24.5 Å². The highest BCUT2D eigenvalue weighted by atomic mass is 16.5. The lowest BCUT2D eigenvalue weighted by atomic mass is 10.1. The number of amides is 1. The first-order valence-electron chi connectivity index (χ1n) is 6.17. The molecule has 0 bridgehead atoms. The molecule has 4 N–H and O–H groups in total. The van der Waals surface area contributed by atoms with Crippen molar-refractivity contribution in [2.75, 3.05) is 19.5 Å². The monoisotopic (exact) mass is 266 g/mol. The summed E-state index contributed by atoms with van der Waals surface area (Å²) in [4.78, 5) is 11.0. The van der Waals surface area contributed by atoms with Gasteiger partial charge in [-0.2, -0.15) is 0 Å². The molecule has 5 nitrogen and oxygen atoms in total. The van der Waals surface area contributed by atoms with E-state index >= 15 is 0 Å². The van der Waals surface area contributed by atoms with E-state index < -0.39 is 5.91 Å². The molecule has 0 saturated heterocycles. The van der Waals surface area contributed by atoms with Gasteiger partial charge in [0.05, 0.1) is 12.2 Å². The molecule has 0 aliphatic heterocycles. The van der Waals surface area contributed by atoms with Crippen molar-refractivity contribution in [3.05, 3.63) is 29.3 Å². The van der Waals surface area contributed by atoms with Crippen LogP contribution in [0.3, 0.4) is 0 Å². The van der Waals surface area contributed by atoms with Crippen LogP contribution in [0, 0.1) is 0 Å². The van der Waals surface area contributed by atoms with E-state index in [1.807, 2.05) is 13.8 Å². The van der Waals surface area contributed by atoms with Gasteiger partial charge in [0.2, 0.25) is 5.91 Å². The summed E-state index contributed by atoms with van der Waals surface area (Å²) in [6.07, 6.45) is 0.794. The highest BCUT2D eigenvalue weighted by Crippen LogP contribution is 2.17. The van der Waals surface area contributed by atoms with Crippen LogP contribution in [-0.4, -0.2) is 25.2 Å². The SMILES string of the molecule is COC(C)(C)CCOCc1ccc(C(N)=O)cc1N. The van der Waals surface area contributed by atoms with E-state index in [1.165, 1.54) is 0 Å². The number of hydrogen-bond donors (Lipinski definition) is 2. The molecule has 0 unspecified atom stereocenters. The first-order chi connectivity index (χ1) is 8.85. The largest absolute Gasteiger partial charge is 0.398 e. The van der Waals surface area contributed by atoms with Crippen molar-refractivity contribution in [2.45, 2.75) is 32.5 Å². The van der Waals surface area contributed by atoms with Crippen LogP contribution in [-0.2, 0) is 16.1 Å². The summed E-state index contributed by atoms with van der Waals surface area (Å²) in [6, 6.07) is 4.98. The van der Waals surface area contributed by atoms with Gasteiger partial charge in [-0.15, -0.1) is 0 Å². The van der Waals surface area contributed by atoms with Crippen molar-refractivity contribution < 1.29 is 14.3 Å². The van der Waals surface area contributed by atoms with Gasteiger partial charge < -0.3 is 20.9 Å². The number of ether oxygens (including phenoxy) is 2. The summed E-state index contributed by atoms with van der Waals surface area (Å²) in [5.74, 6) is -0.485. The number of benzene rings is 1. The molecule has 1 aromatic rings. The number of hydrogen-bond acceptors (Lipinski definition) is 4. The van der Waals surface area contributed by atoms with Gasteiger partial charge in [0.1, 0.15) is 0 Å². The predicted octanol–water partition coefficient (Wildman–Crippen LogP) is 1.70. The van der Waals surface area contributed by atoms with Crippen LogP contribution in [0.5, 0.6) is 0 Å². The van der Waals surface area contributed by atoms with E-state index in [-0.39, 0.29) is 5.60 Å². The molecule has 0 aliphatic rings. The lowest BCUT2D eigenvalue weighted by Gasteiger charge is -2.22. The fourth-order valence-corrected chi connectivity index (χ4v) is 1.48. The lowest BCUT2D eigenvalue weighted by molar-refractivity contribution is -0.0124. The van der Waals surface area contributed by atoms with Gasteiger partial charge >= 0.3 is 0 Å². The second-order valence-corrected chi connectivity index (χ2v) is 5.04. The maximum Gasteiger partial charge on any atom is 0.248 e. The van der Waals surface area contributed by atoms with E-state index in [1.54, 1.807) is 25.3 Å². The van der Waals surface area contributed by atoms with Crippen LogP contribution in [0.2, 0.25) is 0 Å². The van der Waals surface area contributed by atoms with Crippen LogP contribution in [0.1, 0.15) is 36.2 Å². The van der Waals surface area contributed by atoms with Gasteiger partial charge in [-0.3, -0.25) is 4.79 Å². The predicted molar refractivity (Wildman–Crippen MR) is 74.7 cm³/mol. The third kappa shape index (κ3) is 4.89. The van der Waals surface area contributed by atoms with Gasteiger partial charge in [0.15, 0.2) is 0 Å². The fourth-order valence-electron chi connectivity index (χ4n) is 1.48. The van der Waals surface area contributed by atoms with Crippen molar-refractivity contribution in [3.63, 3.8) is 0 Å². The number of nitrogen functional groups attached to an aromatic ring is 1. The highest BCUT2D eigenvalue weighted by Gasteiger charge is 2.15. The molecule has 19 heavy (non-hydrogen) atoms. The molecule has 1 amide bonds. The Bertz CT molecular complexity index is 444. The molecule has 0 fully saturated rings.